The molecule has 4 aromatic rings. The Kier molecular flexibility index (Phi) is 4.64. The third kappa shape index (κ3) is 3.32. The van der Waals surface area contributed by atoms with E-state index < -0.39 is 0 Å². The van der Waals surface area contributed by atoms with Crippen molar-refractivity contribution < 1.29 is 4.79 Å². The van der Waals surface area contributed by atoms with Crippen LogP contribution in [-0.4, -0.2) is 26.6 Å². The molecule has 4 rings (SSSR count). The highest BCUT2D eigenvalue weighted by Gasteiger charge is 2.15. The first-order valence-corrected chi connectivity index (χ1v) is 10.7. The highest BCUT2D eigenvalue weighted by Crippen LogP contribution is 2.35. The number of thioether (sulfide) groups is 1. The van der Waals surface area contributed by atoms with E-state index in [2.05, 4.69) is 34.1 Å². The number of aromatic nitrogens is 3. The molecule has 1 amide bonds. The first-order chi connectivity index (χ1) is 12.5. The molecule has 0 radical (unpaired) electrons. The first-order valence-electron chi connectivity index (χ1n) is 8.04. The van der Waals surface area contributed by atoms with Gasteiger partial charge in [-0.1, -0.05) is 35.2 Å². The maximum absolute atomic E-state index is 12.4. The minimum atomic E-state index is -0.0805. The van der Waals surface area contributed by atoms with Gasteiger partial charge in [-0.2, -0.15) is 0 Å². The second kappa shape index (κ2) is 6.94. The van der Waals surface area contributed by atoms with Gasteiger partial charge in [0, 0.05) is 10.3 Å². The zero-order chi connectivity index (χ0) is 18.3. The van der Waals surface area contributed by atoms with Crippen LogP contribution in [0.25, 0.3) is 20.4 Å². The summed E-state index contributed by atoms with van der Waals surface area (Å²) in [5.74, 6) is 0.937. The lowest BCUT2D eigenvalue weighted by Crippen LogP contribution is -2.14. The summed E-state index contributed by atoms with van der Waals surface area (Å²) in [5, 5.41) is 5.45. The average molecular weight is 401 g/mol. The normalized spacial score (nSPS) is 11.3. The van der Waals surface area contributed by atoms with Gasteiger partial charge in [0.05, 0.1) is 16.0 Å². The number of thiazole rings is 1. The van der Waals surface area contributed by atoms with Gasteiger partial charge in [0.25, 0.3) is 0 Å². The maximum atomic E-state index is 12.4. The van der Waals surface area contributed by atoms with Crippen LogP contribution in [0.15, 0.2) is 29.3 Å². The SMILES string of the molecule is Cc1nc(SCC(=O)Nc2nc3ccccc3s2)c2c(C)c(C)sc2n1. The number of carbonyl (C=O) groups excluding carboxylic acids is 1. The van der Waals surface area contributed by atoms with Crippen molar-refractivity contribution in [2.45, 2.75) is 25.8 Å². The molecule has 0 unspecified atom stereocenters. The van der Waals surface area contributed by atoms with E-state index in [0.29, 0.717) is 5.13 Å². The van der Waals surface area contributed by atoms with Gasteiger partial charge in [-0.25, -0.2) is 15.0 Å². The number of nitrogens with one attached hydrogen (secondary N) is 1. The quantitative estimate of drug-likeness (QED) is 0.387. The number of carbonyl (C=O) groups is 1. The topological polar surface area (TPSA) is 67.8 Å². The largest absolute Gasteiger partial charge is 0.301 e. The second-order valence-electron chi connectivity index (χ2n) is 5.86. The lowest BCUT2D eigenvalue weighted by Gasteiger charge is -2.05. The van der Waals surface area contributed by atoms with Crippen LogP contribution in [-0.2, 0) is 4.79 Å². The molecule has 0 aliphatic heterocycles. The molecule has 0 bridgehead atoms. The average Bonchev–Trinajstić information content (AvgIpc) is 3.13. The third-order valence-electron chi connectivity index (χ3n) is 3.99. The van der Waals surface area contributed by atoms with Crippen LogP contribution in [0.3, 0.4) is 0 Å². The number of para-hydroxylation sites is 1. The van der Waals surface area contributed by atoms with Gasteiger partial charge in [0.15, 0.2) is 5.13 Å². The van der Waals surface area contributed by atoms with Crippen LogP contribution in [0.5, 0.6) is 0 Å². The standard InChI is InChI=1S/C18H16N4OS3/c1-9-10(2)25-17-15(9)16(19-11(3)20-17)24-8-14(23)22-18-21-12-6-4-5-7-13(12)26-18/h4-7H,8H2,1-3H3,(H,21,22,23). The van der Waals surface area contributed by atoms with E-state index in [1.165, 1.54) is 33.5 Å². The number of rotatable bonds is 4. The van der Waals surface area contributed by atoms with Crippen molar-refractivity contribution >= 4 is 65.9 Å². The highest BCUT2D eigenvalue weighted by molar-refractivity contribution is 8.00. The number of hydrogen-bond acceptors (Lipinski definition) is 7. The zero-order valence-electron chi connectivity index (χ0n) is 14.5. The van der Waals surface area contributed by atoms with Crippen molar-refractivity contribution in [2.75, 3.05) is 11.1 Å². The summed E-state index contributed by atoms with van der Waals surface area (Å²) in [4.78, 5) is 28.1. The van der Waals surface area contributed by atoms with Crippen LogP contribution in [0.4, 0.5) is 5.13 Å². The van der Waals surface area contributed by atoms with Crippen LogP contribution >= 0.6 is 34.4 Å². The van der Waals surface area contributed by atoms with E-state index in [0.717, 1.165) is 31.3 Å². The second-order valence-corrected chi connectivity index (χ2v) is 9.06. The Balaban J connectivity index is 1.51. The minimum absolute atomic E-state index is 0.0805. The van der Waals surface area contributed by atoms with E-state index in [-0.39, 0.29) is 11.7 Å². The van der Waals surface area contributed by atoms with Crippen LogP contribution in [0.2, 0.25) is 0 Å². The lowest BCUT2D eigenvalue weighted by molar-refractivity contribution is -0.113. The van der Waals surface area contributed by atoms with Crippen molar-refractivity contribution in [1.82, 2.24) is 15.0 Å². The fourth-order valence-corrected chi connectivity index (χ4v) is 5.59. The molecule has 26 heavy (non-hydrogen) atoms. The summed E-state index contributed by atoms with van der Waals surface area (Å²) in [6.07, 6.45) is 0. The Morgan fingerprint density at radius 2 is 1.92 bits per heavy atom. The van der Waals surface area contributed by atoms with E-state index in [9.17, 15) is 4.79 Å². The summed E-state index contributed by atoms with van der Waals surface area (Å²) in [6.45, 7) is 6.05. The molecule has 1 N–H and O–H groups in total. The van der Waals surface area contributed by atoms with Gasteiger partial charge in [-0.05, 0) is 38.5 Å². The number of hydrogen-bond donors (Lipinski definition) is 1. The molecule has 0 saturated heterocycles. The van der Waals surface area contributed by atoms with Gasteiger partial charge in [-0.3, -0.25) is 4.79 Å². The summed E-state index contributed by atoms with van der Waals surface area (Å²) in [6, 6.07) is 7.85. The number of amides is 1. The Morgan fingerprint density at radius 1 is 1.12 bits per heavy atom. The van der Waals surface area contributed by atoms with Crippen molar-refractivity contribution in [3.05, 3.63) is 40.5 Å². The number of thiophene rings is 1. The van der Waals surface area contributed by atoms with Crippen LogP contribution in [0, 0.1) is 20.8 Å². The molecule has 0 fully saturated rings. The Bertz CT molecular complexity index is 1100. The molecule has 1 aromatic carbocycles. The summed E-state index contributed by atoms with van der Waals surface area (Å²) in [5.41, 5.74) is 2.09. The first kappa shape index (κ1) is 17.4. The fourth-order valence-electron chi connectivity index (χ4n) is 2.63. The number of nitrogens with zero attached hydrogens (tertiary/aromatic N) is 3. The molecule has 0 saturated carbocycles. The van der Waals surface area contributed by atoms with Crippen molar-refractivity contribution in [3.8, 4) is 0 Å². The highest BCUT2D eigenvalue weighted by atomic mass is 32.2. The Labute approximate surface area is 162 Å². The molecule has 8 heteroatoms. The van der Waals surface area contributed by atoms with Crippen LogP contribution in [0.1, 0.15) is 16.3 Å². The number of fused-ring (bicyclic) bond motifs is 2. The van der Waals surface area contributed by atoms with Crippen molar-refractivity contribution in [2.24, 2.45) is 0 Å². The summed E-state index contributed by atoms with van der Waals surface area (Å²) in [7, 11) is 0. The predicted octanol–water partition coefficient (Wildman–Crippen LogP) is 4.96. The third-order valence-corrected chi connectivity index (χ3v) is 7.02. The van der Waals surface area contributed by atoms with Gasteiger partial charge >= 0.3 is 0 Å². The minimum Gasteiger partial charge on any atom is -0.301 e. The molecule has 3 heterocycles. The molecular weight excluding hydrogens is 384 g/mol. The molecule has 0 aliphatic rings. The lowest BCUT2D eigenvalue weighted by atomic mass is 10.2. The zero-order valence-corrected chi connectivity index (χ0v) is 16.9. The van der Waals surface area contributed by atoms with Gasteiger partial charge in [0.2, 0.25) is 5.91 Å². The summed E-state index contributed by atoms with van der Waals surface area (Å²) >= 11 is 4.60. The van der Waals surface area contributed by atoms with E-state index in [4.69, 9.17) is 0 Å². The van der Waals surface area contributed by atoms with Gasteiger partial charge in [0.1, 0.15) is 15.7 Å². The molecule has 5 nitrogen and oxygen atoms in total. The molecule has 0 atom stereocenters. The van der Waals surface area contributed by atoms with Crippen LogP contribution < -0.4 is 5.32 Å². The molecule has 3 aromatic heterocycles. The molecule has 0 aliphatic carbocycles. The maximum Gasteiger partial charge on any atom is 0.236 e. The van der Waals surface area contributed by atoms with Gasteiger partial charge < -0.3 is 5.32 Å². The van der Waals surface area contributed by atoms with Gasteiger partial charge in [-0.15, -0.1) is 11.3 Å². The monoisotopic (exact) mass is 400 g/mol. The Hall–Kier alpha value is -2.03. The Morgan fingerprint density at radius 3 is 2.73 bits per heavy atom. The number of anilines is 1. The van der Waals surface area contributed by atoms with E-state index >= 15 is 0 Å². The predicted molar refractivity (Wildman–Crippen MR) is 111 cm³/mol. The molecular formula is C18H16N4OS3. The smallest absolute Gasteiger partial charge is 0.236 e. The van der Waals surface area contributed by atoms with Crippen molar-refractivity contribution in [3.63, 3.8) is 0 Å². The number of aryl methyl sites for hydroxylation is 3. The van der Waals surface area contributed by atoms with E-state index in [1.54, 1.807) is 11.3 Å². The van der Waals surface area contributed by atoms with Crippen molar-refractivity contribution in [1.29, 1.82) is 0 Å². The number of benzene rings is 1. The summed E-state index contributed by atoms with van der Waals surface area (Å²) < 4.78 is 1.06. The van der Waals surface area contributed by atoms with E-state index in [1.807, 2.05) is 31.2 Å². The molecule has 132 valence electrons. The fraction of sp³-hybridized carbons (Fsp3) is 0.222. The molecule has 0 spiro atoms.